The number of tetrazole rings is 1. The van der Waals surface area contributed by atoms with Crippen LogP contribution in [0.15, 0.2) is 17.2 Å². The Hall–Kier alpha value is -1.08. The van der Waals surface area contributed by atoms with Crippen molar-refractivity contribution < 1.29 is 0 Å². The summed E-state index contributed by atoms with van der Waals surface area (Å²) in [6, 6.07) is 3.65. The molecule has 2 aromatic rings. The molecule has 0 aliphatic carbocycles. The van der Waals surface area contributed by atoms with Crippen LogP contribution in [0.2, 0.25) is 0 Å². The van der Waals surface area contributed by atoms with E-state index in [9.17, 15) is 0 Å². The Morgan fingerprint density at radius 1 is 1.54 bits per heavy atom. The summed E-state index contributed by atoms with van der Waals surface area (Å²) < 4.78 is 1.38. The highest BCUT2D eigenvalue weighted by Gasteiger charge is 1.99. The van der Waals surface area contributed by atoms with E-state index in [-0.39, 0.29) is 0 Å². The van der Waals surface area contributed by atoms with E-state index in [1.807, 2.05) is 6.07 Å². The first-order valence-electron chi connectivity index (χ1n) is 3.43. The number of thiocarbonyl (C=S) groups is 1. The van der Waals surface area contributed by atoms with Gasteiger partial charge in [0.15, 0.2) is 5.65 Å². The Morgan fingerprint density at radius 3 is 3.31 bits per heavy atom. The number of nitrogens with zero attached hydrogens (tertiary/aromatic N) is 5. The van der Waals surface area contributed by atoms with Crippen LogP contribution >= 0.6 is 24.0 Å². The molecule has 0 saturated carbocycles. The van der Waals surface area contributed by atoms with E-state index in [1.54, 1.807) is 6.07 Å². The summed E-state index contributed by atoms with van der Waals surface area (Å²) in [7, 11) is 0. The van der Waals surface area contributed by atoms with Crippen molar-refractivity contribution in [3.8, 4) is 0 Å². The minimum absolute atomic E-state index is 0.635. The summed E-state index contributed by atoms with van der Waals surface area (Å²) in [6.45, 7) is 0. The maximum Gasteiger partial charge on any atom is 0.200 e. The maximum atomic E-state index is 4.58. The van der Waals surface area contributed by atoms with Gasteiger partial charge in [-0.2, -0.15) is 0 Å². The van der Waals surface area contributed by atoms with Gasteiger partial charge in [0, 0.05) is 11.1 Å². The highest BCUT2D eigenvalue weighted by Crippen LogP contribution is 2.12. The minimum atomic E-state index is 0.635. The zero-order valence-corrected chi connectivity index (χ0v) is 8.05. The van der Waals surface area contributed by atoms with Gasteiger partial charge in [-0.1, -0.05) is 24.0 Å². The van der Waals surface area contributed by atoms with Crippen molar-refractivity contribution in [3.05, 3.63) is 12.1 Å². The summed E-state index contributed by atoms with van der Waals surface area (Å²) in [5.74, 6) is 0.635. The van der Waals surface area contributed by atoms with Gasteiger partial charge in [0.1, 0.15) is 5.03 Å². The molecule has 2 rings (SSSR count). The minimum Gasteiger partial charge on any atom is -0.140 e. The van der Waals surface area contributed by atoms with Gasteiger partial charge >= 0.3 is 0 Å². The molecule has 2 aromatic heterocycles. The van der Waals surface area contributed by atoms with Gasteiger partial charge in [-0.15, -0.1) is 14.8 Å². The van der Waals surface area contributed by atoms with Gasteiger partial charge in [0.05, 0.1) is 0 Å². The number of rotatable bonds is 3. The molecular formula is C6H4N5S2. The zero-order chi connectivity index (χ0) is 9.10. The first kappa shape index (κ1) is 8.52. The molecule has 0 atom stereocenters. The van der Waals surface area contributed by atoms with Crippen molar-refractivity contribution in [2.75, 3.05) is 5.75 Å². The molecule has 0 aromatic carbocycles. The predicted molar refractivity (Wildman–Crippen MR) is 51.9 cm³/mol. The molecule has 2 heterocycles. The average molecular weight is 210 g/mol. The summed E-state index contributed by atoms with van der Waals surface area (Å²) in [6.07, 6.45) is 0. The molecule has 1 radical (unpaired) electrons. The van der Waals surface area contributed by atoms with Gasteiger partial charge in [0.25, 0.3) is 0 Å². The monoisotopic (exact) mass is 210 g/mol. The topological polar surface area (TPSA) is 56.0 Å². The Morgan fingerprint density at radius 2 is 2.46 bits per heavy atom. The molecule has 5 nitrogen and oxygen atoms in total. The Labute approximate surface area is 83.5 Å². The second kappa shape index (κ2) is 3.75. The van der Waals surface area contributed by atoms with Crippen LogP contribution in [0.25, 0.3) is 5.65 Å². The van der Waals surface area contributed by atoms with Crippen LogP contribution in [0, 0.1) is 0 Å². The quantitative estimate of drug-likeness (QED) is 0.543. The summed E-state index contributed by atoms with van der Waals surface area (Å²) in [5.41, 5.74) is 0.635. The molecule has 0 saturated heterocycles. The fraction of sp³-hybridized carbons (Fsp3) is 0.167. The van der Waals surface area contributed by atoms with Gasteiger partial charge in [-0.3, -0.25) is 0 Å². The molecule has 13 heavy (non-hydrogen) atoms. The van der Waals surface area contributed by atoms with Crippen LogP contribution in [0.3, 0.4) is 0 Å². The van der Waals surface area contributed by atoms with Crippen LogP contribution in [-0.2, 0) is 0 Å². The van der Waals surface area contributed by atoms with E-state index in [2.05, 4.69) is 38.2 Å². The van der Waals surface area contributed by atoms with E-state index in [4.69, 9.17) is 0 Å². The first-order chi connectivity index (χ1) is 6.40. The fourth-order valence-electron chi connectivity index (χ4n) is 0.814. The number of thioether (sulfide) groups is 1. The Kier molecular flexibility index (Phi) is 2.46. The Balaban J connectivity index is 2.31. The lowest BCUT2D eigenvalue weighted by molar-refractivity contribution is 0.703. The first-order valence-corrected chi connectivity index (χ1v) is 4.83. The largest absolute Gasteiger partial charge is 0.200 e. The van der Waals surface area contributed by atoms with E-state index in [0.717, 1.165) is 5.03 Å². The molecule has 0 spiro atoms. The molecule has 0 aliphatic rings. The molecule has 0 bridgehead atoms. The van der Waals surface area contributed by atoms with Crippen molar-refractivity contribution in [2.24, 2.45) is 0 Å². The second-order valence-electron chi connectivity index (χ2n) is 2.13. The van der Waals surface area contributed by atoms with Gasteiger partial charge in [-0.25, -0.2) is 0 Å². The van der Waals surface area contributed by atoms with Crippen LogP contribution in [0.1, 0.15) is 0 Å². The molecule has 0 N–H and O–H groups in total. The average Bonchev–Trinajstić information content (AvgIpc) is 2.61. The molecule has 7 heteroatoms. The molecule has 0 amide bonds. The SMILES string of the molecule is S=[C]CSc1ccc2nnnn2n1. The number of fused-ring (bicyclic) bond motifs is 1. The summed E-state index contributed by atoms with van der Waals surface area (Å²) in [4.78, 5) is 0. The van der Waals surface area contributed by atoms with E-state index in [1.165, 1.54) is 16.4 Å². The standard InChI is InChI=1S/C6H4N5S2/c12-3-4-13-6-2-1-5-7-9-10-11(5)8-6/h1-2H,4H2. The smallest absolute Gasteiger partial charge is 0.140 e. The van der Waals surface area contributed by atoms with Gasteiger partial charge in [-0.05, 0) is 22.6 Å². The van der Waals surface area contributed by atoms with E-state index in [0.29, 0.717) is 11.4 Å². The normalized spacial score (nSPS) is 10.5. The van der Waals surface area contributed by atoms with Crippen LogP contribution in [0.4, 0.5) is 0 Å². The third-order valence-electron chi connectivity index (χ3n) is 1.32. The molecular weight excluding hydrogens is 206 g/mol. The van der Waals surface area contributed by atoms with Crippen molar-refractivity contribution in [1.82, 2.24) is 25.3 Å². The molecule has 0 fully saturated rings. The highest BCUT2D eigenvalue weighted by atomic mass is 32.2. The lowest BCUT2D eigenvalue weighted by atomic mass is 10.6. The summed E-state index contributed by atoms with van der Waals surface area (Å²) in [5, 5.41) is 18.4. The van der Waals surface area contributed by atoms with Gasteiger partial charge in [0.2, 0.25) is 0 Å². The van der Waals surface area contributed by atoms with Crippen LogP contribution in [0.5, 0.6) is 0 Å². The van der Waals surface area contributed by atoms with Crippen LogP contribution < -0.4 is 0 Å². The molecule has 0 aliphatic heterocycles. The lowest BCUT2D eigenvalue weighted by Crippen LogP contribution is -1.95. The Bertz CT molecular complexity index is 426. The van der Waals surface area contributed by atoms with Crippen LogP contribution in [-0.4, -0.2) is 36.4 Å². The lowest BCUT2D eigenvalue weighted by Gasteiger charge is -1.94. The third kappa shape index (κ3) is 1.81. The number of hydrogen-bond acceptors (Lipinski definition) is 6. The van der Waals surface area contributed by atoms with E-state index < -0.39 is 0 Å². The maximum absolute atomic E-state index is 4.58. The van der Waals surface area contributed by atoms with Crippen molar-refractivity contribution >= 4 is 35.0 Å². The zero-order valence-electron chi connectivity index (χ0n) is 6.41. The van der Waals surface area contributed by atoms with Crippen molar-refractivity contribution in [3.63, 3.8) is 0 Å². The summed E-state index contributed by atoms with van der Waals surface area (Å²) >= 11 is 6.08. The predicted octanol–water partition coefficient (Wildman–Crippen LogP) is 0.488. The van der Waals surface area contributed by atoms with Crippen molar-refractivity contribution in [1.29, 1.82) is 0 Å². The van der Waals surface area contributed by atoms with Crippen molar-refractivity contribution in [2.45, 2.75) is 5.03 Å². The van der Waals surface area contributed by atoms with Gasteiger partial charge < -0.3 is 0 Å². The third-order valence-corrected chi connectivity index (χ3v) is 2.45. The van der Waals surface area contributed by atoms with E-state index >= 15 is 0 Å². The molecule has 0 unspecified atom stereocenters. The second-order valence-corrected chi connectivity index (χ2v) is 3.42. The fourth-order valence-corrected chi connectivity index (χ4v) is 1.50. The molecule has 65 valence electrons. The number of hydrogen-bond donors (Lipinski definition) is 0. The highest BCUT2D eigenvalue weighted by molar-refractivity contribution is 8.00. The number of aromatic nitrogens is 5.